The minimum Gasteiger partial charge on any atom is -0.324 e. The quantitative estimate of drug-likeness (QED) is 0.896. The monoisotopic (exact) mass is 257 g/mol. The molecule has 1 fully saturated rings. The lowest BCUT2D eigenvalue weighted by molar-refractivity contribution is 0.186. The molecule has 3 nitrogen and oxygen atoms in total. The maximum atomic E-state index is 6.53. The Morgan fingerprint density at radius 1 is 1.26 bits per heavy atom. The molecule has 0 amide bonds. The molecule has 1 saturated carbocycles. The lowest BCUT2D eigenvalue weighted by Crippen LogP contribution is -2.29. The molecule has 0 bridgehead atoms. The predicted molar refractivity (Wildman–Crippen MR) is 77.8 cm³/mol. The van der Waals surface area contributed by atoms with Gasteiger partial charge in [0.05, 0.1) is 11.7 Å². The van der Waals surface area contributed by atoms with Crippen LogP contribution in [0.3, 0.4) is 0 Å². The minimum atomic E-state index is 0.120. The molecule has 0 saturated heterocycles. The molecule has 4 atom stereocenters. The second-order valence-corrected chi connectivity index (χ2v) is 6.18. The molecule has 0 aromatic carbocycles. The van der Waals surface area contributed by atoms with Crippen LogP contribution in [0.1, 0.15) is 44.7 Å². The van der Waals surface area contributed by atoms with Gasteiger partial charge in [-0.2, -0.15) is 5.10 Å². The second kappa shape index (κ2) is 4.97. The summed E-state index contributed by atoms with van der Waals surface area (Å²) in [7, 11) is 0. The summed E-state index contributed by atoms with van der Waals surface area (Å²) in [5.41, 5.74) is 8.89. The van der Waals surface area contributed by atoms with Gasteiger partial charge in [-0.3, -0.25) is 0 Å². The summed E-state index contributed by atoms with van der Waals surface area (Å²) in [5.74, 6) is 2.22. The van der Waals surface area contributed by atoms with Crippen LogP contribution in [0, 0.1) is 17.8 Å². The molecular weight excluding hydrogens is 234 g/mol. The largest absolute Gasteiger partial charge is 0.324 e. The van der Waals surface area contributed by atoms with Crippen molar-refractivity contribution in [1.82, 2.24) is 9.61 Å². The number of fused-ring (bicyclic) bond motifs is 1. The van der Waals surface area contributed by atoms with Crippen molar-refractivity contribution < 1.29 is 0 Å². The van der Waals surface area contributed by atoms with E-state index in [0.717, 1.165) is 17.4 Å². The van der Waals surface area contributed by atoms with Gasteiger partial charge >= 0.3 is 0 Å². The fourth-order valence-corrected chi connectivity index (χ4v) is 3.38. The van der Waals surface area contributed by atoms with Gasteiger partial charge in [-0.15, -0.1) is 0 Å². The Labute approximate surface area is 114 Å². The number of aromatic nitrogens is 2. The second-order valence-electron chi connectivity index (χ2n) is 6.18. The van der Waals surface area contributed by atoms with E-state index in [1.54, 1.807) is 0 Å². The summed E-state index contributed by atoms with van der Waals surface area (Å²) < 4.78 is 1.92. The van der Waals surface area contributed by atoms with E-state index < -0.39 is 0 Å². The highest BCUT2D eigenvalue weighted by molar-refractivity contribution is 5.54. The van der Waals surface area contributed by atoms with Gasteiger partial charge in [-0.1, -0.05) is 26.3 Å². The fourth-order valence-electron chi connectivity index (χ4n) is 3.38. The van der Waals surface area contributed by atoms with Crippen molar-refractivity contribution in [2.75, 3.05) is 0 Å². The summed E-state index contributed by atoms with van der Waals surface area (Å²) in [6, 6.07) is 6.28. The Morgan fingerprint density at radius 2 is 2.11 bits per heavy atom. The maximum absolute atomic E-state index is 6.53. The average Bonchev–Trinajstić information content (AvgIpc) is 2.85. The highest BCUT2D eigenvalue weighted by Gasteiger charge is 2.30. The van der Waals surface area contributed by atoms with Gasteiger partial charge in [0, 0.05) is 17.8 Å². The summed E-state index contributed by atoms with van der Waals surface area (Å²) in [4.78, 5) is 0. The predicted octanol–water partition coefficient (Wildman–Crippen LogP) is 3.41. The first-order valence-electron chi connectivity index (χ1n) is 7.34. The zero-order chi connectivity index (χ0) is 13.4. The molecule has 102 valence electrons. The fraction of sp³-hybridized carbons (Fsp3) is 0.562. The Bertz CT molecular complexity index is 560. The third-order valence-electron chi connectivity index (χ3n) is 4.96. The van der Waals surface area contributed by atoms with Crippen molar-refractivity contribution in [3.8, 4) is 0 Å². The van der Waals surface area contributed by atoms with E-state index in [-0.39, 0.29) is 6.04 Å². The van der Waals surface area contributed by atoms with Gasteiger partial charge in [0.2, 0.25) is 0 Å². The number of hydrogen-bond donors (Lipinski definition) is 1. The van der Waals surface area contributed by atoms with Gasteiger partial charge < -0.3 is 5.73 Å². The summed E-state index contributed by atoms with van der Waals surface area (Å²) in [6.07, 6.45) is 7.72. The molecule has 2 heterocycles. The van der Waals surface area contributed by atoms with Crippen LogP contribution in [0.5, 0.6) is 0 Å². The molecule has 4 unspecified atom stereocenters. The molecule has 3 heteroatoms. The molecule has 3 rings (SSSR count). The smallest absolute Gasteiger partial charge is 0.0709 e. The van der Waals surface area contributed by atoms with Crippen LogP contribution in [-0.2, 0) is 0 Å². The van der Waals surface area contributed by atoms with Gasteiger partial charge in [-0.25, -0.2) is 4.52 Å². The van der Waals surface area contributed by atoms with E-state index >= 15 is 0 Å². The van der Waals surface area contributed by atoms with Gasteiger partial charge in [0.1, 0.15) is 0 Å². The maximum Gasteiger partial charge on any atom is 0.0709 e. The number of rotatable bonds is 2. The zero-order valence-electron chi connectivity index (χ0n) is 11.8. The van der Waals surface area contributed by atoms with Crippen LogP contribution in [-0.4, -0.2) is 9.61 Å². The van der Waals surface area contributed by atoms with E-state index in [0.29, 0.717) is 5.92 Å². The Hall–Kier alpha value is -1.35. The first kappa shape index (κ1) is 12.7. The number of nitrogens with two attached hydrogens (primary N) is 1. The topological polar surface area (TPSA) is 43.3 Å². The van der Waals surface area contributed by atoms with Gasteiger partial charge in [0.15, 0.2) is 0 Å². The lowest BCUT2D eigenvalue weighted by Gasteiger charge is -2.35. The minimum absolute atomic E-state index is 0.120. The van der Waals surface area contributed by atoms with Crippen molar-refractivity contribution in [2.24, 2.45) is 23.5 Å². The van der Waals surface area contributed by atoms with Crippen molar-refractivity contribution >= 4 is 5.52 Å². The van der Waals surface area contributed by atoms with Gasteiger partial charge in [0.25, 0.3) is 0 Å². The molecule has 2 N–H and O–H groups in total. The van der Waals surface area contributed by atoms with E-state index in [1.165, 1.54) is 24.8 Å². The summed E-state index contributed by atoms with van der Waals surface area (Å²) >= 11 is 0. The van der Waals surface area contributed by atoms with E-state index in [4.69, 9.17) is 5.73 Å². The van der Waals surface area contributed by atoms with Crippen molar-refractivity contribution in [3.63, 3.8) is 0 Å². The normalized spacial score (nSPS) is 29.5. The Morgan fingerprint density at radius 3 is 2.89 bits per heavy atom. The molecule has 0 radical (unpaired) electrons. The van der Waals surface area contributed by atoms with Crippen LogP contribution >= 0.6 is 0 Å². The van der Waals surface area contributed by atoms with E-state index in [1.807, 2.05) is 23.0 Å². The third-order valence-corrected chi connectivity index (χ3v) is 4.96. The molecule has 0 aliphatic heterocycles. The molecule has 2 aromatic rings. The first-order chi connectivity index (χ1) is 9.16. The van der Waals surface area contributed by atoms with E-state index in [9.17, 15) is 0 Å². The average molecular weight is 257 g/mol. The van der Waals surface area contributed by atoms with Crippen molar-refractivity contribution in [3.05, 3.63) is 36.2 Å². The number of hydrogen-bond acceptors (Lipinski definition) is 2. The van der Waals surface area contributed by atoms with Gasteiger partial charge in [-0.05, 0) is 42.7 Å². The number of pyridine rings is 1. The summed E-state index contributed by atoms with van der Waals surface area (Å²) in [5, 5.41) is 4.41. The van der Waals surface area contributed by atoms with Crippen LogP contribution in [0.2, 0.25) is 0 Å². The summed E-state index contributed by atoms with van der Waals surface area (Å²) in [6.45, 7) is 4.72. The van der Waals surface area contributed by atoms with Crippen molar-refractivity contribution in [1.29, 1.82) is 0 Å². The molecule has 1 aliphatic carbocycles. The highest BCUT2D eigenvalue weighted by atomic mass is 15.2. The molecule has 1 aliphatic rings. The molecule has 2 aromatic heterocycles. The number of nitrogens with zero attached hydrogens (tertiary/aromatic N) is 2. The van der Waals surface area contributed by atoms with Crippen molar-refractivity contribution in [2.45, 2.75) is 39.2 Å². The van der Waals surface area contributed by atoms with Crippen LogP contribution < -0.4 is 5.73 Å². The molecular formula is C16H23N3. The van der Waals surface area contributed by atoms with Crippen LogP contribution in [0.25, 0.3) is 5.52 Å². The Balaban J connectivity index is 1.85. The lowest BCUT2D eigenvalue weighted by atomic mass is 9.72. The molecule has 19 heavy (non-hydrogen) atoms. The molecule has 0 spiro atoms. The standard InChI is InChI=1S/C16H23N3/c1-11-6-7-13(9-12(11)2)16(17)14-10-18-19-8-4-3-5-15(14)19/h3-5,8,10-13,16H,6-7,9,17H2,1-2H3. The SMILES string of the molecule is CC1CCC(C(N)c2cnn3ccccc23)CC1C. The first-order valence-corrected chi connectivity index (χ1v) is 7.34. The van der Waals surface area contributed by atoms with Crippen LogP contribution in [0.4, 0.5) is 0 Å². The van der Waals surface area contributed by atoms with Crippen LogP contribution in [0.15, 0.2) is 30.6 Å². The highest BCUT2D eigenvalue weighted by Crippen LogP contribution is 2.39. The third kappa shape index (κ3) is 2.27. The Kier molecular flexibility index (Phi) is 3.31. The van der Waals surface area contributed by atoms with E-state index in [2.05, 4.69) is 31.1 Å². The zero-order valence-corrected chi connectivity index (χ0v) is 11.8.